The first-order valence-electron chi connectivity index (χ1n) is 13.0. The Morgan fingerprint density at radius 2 is 1.95 bits per heavy atom. The Balaban J connectivity index is 1.26. The summed E-state index contributed by atoms with van der Waals surface area (Å²) in [5, 5.41) is 17.2. The Morgan fingerprint density at radius 1 is 1.20 bits per heavy atom. The number of rotatable bonds is 8. The van der Waals surface area contributed by atoms with Gasteiger partial charge in [0.05, 0.1) is 11.5 Å². The number of hydrogen-bond acceptors (Lipinski definition) is 7. The molecule has 3 atom stereocenters. The van der Waals surface area contributed by atoms with Gasteiger partial charge in [0.2, 0.25) is 5.95 Å². The van der Waals surface area contributed by atoms with Crippen LogP contribution in [0.25, 0.3) is 0 Å². The summed E-state index contributed by atoms with van der Waals surface area (Å²) in [6.07, 6.45) is -2.95. The fourth-order valence-electron chi connectivity index (χ4n) is 5.39. The molecule has 3 aromatic heterocycles. The summed E-state index contributed by atoms with van der Waals surface area (Å²) in [6, 6.07) is 0.365. The zero-order chi connectivity index (χ0) is 28.3. The lowest BCUT2D eigenvalue weighted by atomic mass is 9.88. The highest BCUT2D eigenvalue weighted by molar-refractivity contribution is 7.12. The van der Waals surface area contributed by atoms with Crippen molar-refractivity contribution in [2.75, 3.05) is 5.32 Å². The molecule has 3 aliphatic rings. The molecule has 2 saturated carbocycles. The maximum Gasteiger partial charge on any atom is 0.435 e. The Bertz CT molecular complexity index is 1460. The number of carbonyl (C=O) groups is 2. The molecule has 2 N–H and O–H groups in total. The van der Waals surface area contributed by atoms with E-state index in [1.807, 2.05) is 0 Å². The van der Waals surface area contributed by atoms with Gasteiger partial charge in [0.15, 0.2) is 5.69 Å². The number of nitrogens with zero attached hydrogens (tertiary/aromatic N) is 5. The second kappa shape index (κ2) is 9.93. The van der Waals surface area contributed by atoms with E-state index in [0.29, 0.717) is 29.7 Å². The number of amides is 1. The first-order chi connectivity index (χ1) is 19.0. The number of hydrogen-bond donors (Lipinski definition) is 2. The predicted octanol–water partition coefficient (Wildman–Crippen LogP) is 4.27. The zero-order valence-corrected chi connectivity index (χ0v) is 22.2. The Labute approximate surface area is 229 Å². The highest BCUT2D eigenvalue weighted by Crippen LogP contribution is 2.42. The molecule has 214 valence electrons. The molecule has 9 nitrogen and oxygen atoms in total. The molecule has 40 heavy (non-hydrogen) atoms. The van der Waals surface area contributed by atoms with E-state index < -0.39 is 30.1 Å². The van der Waals surface area contributed by atoms with E-state index in [1.54, 1.807) is 4.57 Å². The number of aryl methyl sites for hydroxylation is 2. The van der Waals surface area contributed by atoms with Gasteiger partial charge in [0.1, 0.15) is 30.3 Å². The average molecular weight is 584 g/mol. The molecule has 15 heteroatoms. The lowest BCUT2D eigenvalue weighted by Crippen LogP contribution is -2.45. The van der Waals surface area contributed by atoms with Crippen molar-refractivity contribution in [2.45, 2.75) is 75.5 Å². The van der Waals surface area contributed by atoms with Gasteiger partial charge < -0.3 is 10.6 Å². The first-order valence-corrected chi connectivity index (χ1v) is 13.8. The fourth-order valence-corrected chi connectivity index (χ4v) is 6.75. The van der Waals surface area contributed by atoms with Crippen molar-refractivity contribution in [3.8, 4) is 0 Å². The van der Waals surface area contributed by atoms with Crippen LogP contribution in [0, 0.1) is 5.92 Å². The van der Waals surface area contributed by atoms with E-state index in [-0.39, 0.29) is 61.2 Å². The number of nitrogens with one attached hydrogen (secondary N) is 2. The lowest BCUT2D eigenvalue weighted by molar-refractivity contribution is -0.141. The summed E-state index contributed by atoms with van der Waals surface area (Å²) < 4.78 is 69.1. The van der Waals surface area contributed by atoms with Gasteiger partial charge in [-0.25, -0.2) is 8.78 Å². The first kappa shape index (κ1) is 26.8. The van der Waals surface area contributed by atoms with Gasteiger partial charge in [0.25, 0.3) is 5.91 Å². The Kier molecular flexibility index (Phi) is 6.66. The number of carbonyl (C=O) groups excluding carboxylic acids is 2. The van der Waals surface area contributed by atoms with Crippen LogP contribution in [-0.4, -0.2) is 54.6 Å². The Morgan fingerprint density at radius 3 is 2.60 bits per heavy atom. The molecule has 0 aliphatic heterocycles. The van der Waals surface area contributed by atoms with Gasteiger partial charge in [0, 0.05) is 41.4 Å². The van der Waals surface area contributed by atoms with Crippen molar-refractivity contribution in [1.82, 2.24) is 29.9 Å². The smallest absolute Gasteiger partial charge is 0.349 e. The van der Waals surface area contributed by atoms with E-state index >= 15 is 0 Å². The minimum atomic E-state index is -4.60. The number of fused-ring (bicyclic) bond motifs is 1. The minimum absolute atomic E-state index is 0.0337. The molecular formula is C25H26F5N7O2S. The summed E-state index contributed by atoms with van der Waals surface area (Å²) in [5.74, 6) is -0.941. The Hall–Kier alpha value is -3.36. The van der Waals surface area contributed by atoms with Crippen LogP contribution < -0.4 is 10.6 Å². The zero-order valence-electron chi connectivity index (χ0n) is 21.3. The van der Waals surface area contributed by atoms with Crippen molar-refractivity contribution in [3.05, 3.63) is 39.0 Å². The molecule has 0 saturated heterocycles. The van der Waals surface area contributed by atoms with Crippen molar-refractivity contribution >= 4 is 34.8 Å². The number of alkyl halides is 5. The summed E-state index contributed by atoms with van der Waals surface area (Å²) in [4.78, 5) is 27.6. The molecule has 0 aromatic carbocycles. The second-order valence-electron chi connectivity index (χ2n) is 10.7. The summed E-state index contributed by atoms with van der Waals surface area (Å²) >= 11 is 1.38. The summed E-state index contributed by atoms with van der Waals surface area (Å²) in [7, 11) is 1.38. The number of ketones is 1. The van der Waals surface area contributed by atoms with Crippen LogP contribution in [0.5, 0.6) is 0 Å². The molecule has 3 aliphatic carbocycles. The maximum absolute atomic E-state index is 13.5. The molecule has 0 spiro atoms. The molecule has 6 rings (SSSR count). The number of halogens is 5. The second-order valence-corrected chi connectivity index (χ2v) is 11.9. The normalized spacial score (nSPS) is 25.7. The molecule has 1 amide bonds. The van der Waals surface area contributed by atoms with Crippen LogP contribution in [-0.2, 0) is 37.3 Å². The maximum atomic E-state index is 13.5. The van der Waals surface area contributed by atoms with Gasteiger partial charge in [-0.15, -0.1) is 21.5 Å². The molecule has 0 unspecified atom stereocenters. The lowest BCUT2D eigenvalue weighted by Gasteiger charge is -2.31. The van der Waals surface area contributed by atoms with Gasteiger partial charge in [-0.2, -0.15) is 18.3 Å². The van der Waals surface area contributed by atoms with Gasteiger partial charge in [-0.05, 0) is 44.1 Å². The van der Waals surface area contributed by atoms with Gasteiger partial charge in [-0.1, -0.05) is 0 Å². The molecule has 0 radical (unpaired) electrons. The van der Waals surface area contributed by atoms with Crippen LogP contribution >= 0.6 is 11.3 Å². The van der Waals surface area contributed by atoms with Crippen molar-refractivity contribution in [3.63, 3.8) is 0 Å². The van der Waals surface area contributed by atoms with E-state index in [4.69, 9.17) is 0 Å². The van der Waals surface area contributed by atoms with Crippen LogP contribution in [0.2, 0.25) is 0 Å². The topological polar surface area (TPSA) is 107 Å². The van der Waals surface area contributed by atoms with E-state index in [9.17, 15) is 31.5 Å². The van der Waals surface area contributed by atoms with Crippen LogP contribution in [0.4, 0.5) is 33.7 Å². The highest BCUT2D eigenvalue weighted by Gasteiger charge is 2.44. The van der Waals surface area contributed by atoms with Crippen molar-refractivity contribution in [1.29, 1.82) is 0 Å². The predicted molar refractivity (Wildman–Crippen MR) is 134 cm³/mol. The fraction of sp³-hybridized carbons (Fsp3) is 0.560. The summed E-state index contributed by atoms with van der Waals surface area (Å²) in [6.45, 7) is 0. The standard InChI is InChI=1S/C25H26F5N7O2S/c1-36-21(9-20(35-36)25(28,29)30)33-24-34-31-10-37(24)13-2-3-18-15(6-13)22(23(39)32-12-4-11(26)5-12)19(40-18)8-17(38)14-7-16(14)27/h9-14,16H,2-8H2,1H3,(H,32,39)(H,33,34)/t11?,12?,13-,14-,16+/m0/s1. The number of aromatic nitrogens is 5. The average Bonchev–Trinajstić information content (AvgIpc) is 3.19. The molecule has 2 fully saturated rings. The van der Waals surface area contributed by atoms with Crippen LogP contribution in [0.15, 0.2) is 12.4 Å². The van der Waals surface area contributed by atoms with Crippen molar-refractivity contribution < 1.29 is 31.5 Å². The summed E-state index contributed by atoms with van der Waals surface area (Å²) in [5.41, 5.74) is 0.114. The third kappa shape index (κ3) is 5.10. The number of anilines is 2. The molecule has 3 aromatic rings. The van der Waals surface area contributed by atoms with E-state index in [2.05, 4.69) is 25.9 Å². The third-order valence-electron chi connectivity index (χ3n) is 7.79. The van der Waals surface area contributed by atoms with Crippen molar-refractivity contribution in [2.24, 2.45) is 13.0 Å². The van der Waals surface area contributed by atoms with Crippen LogP contribution in [0.3, 0.4) is 0 Å². The quantitative estimate of drug-likeness (QED) is 0.384. The van der Waals surface area contributed by atoms with Crippen LogP contribution in [0.1, 0.15) is 63.1 Å². The minimum Gasteiger partial charge on any atom is -0.349 e. The number of thiophene rings is 1. The molecular weight excluding hydrogens is 557 g/mol. The molecule has 0 bridgehead atoms. The van der Waals surface area contributed by atoms with Gasteiger partial charge in [-0.3, -0.25) is 18.8 Å². The van der Waals surface area contributed by atoms with E-state index in [1.165, 1.54) is 24.7 Å². The largest absolute Gasteiger partial charge is 0.435 e. The highest BCUT2D eigenvalue weighted by atomic mass is 32.1. The third-order valence-corrected chi connectivity index (χ3v) is 9.08. The molecule has 3 heterocycles. The van der Waals surface area contributed by atoms with E-state index in [0.717, 1.165) is 21.2 Å². The number of Topliss-reactive ketones (excluding diaryl/α,β-unsaturated/α-hetero) is 1. The monoisotopic (exact) mass is 583 g/mol. The SMILES string of the molecule is Cn1nc(C(F)(F)F)cc1Nc1nncn1[C@H]1CCc2sc(CC(=O)[C@H]3C[C@H]3F)c(C(=O)NC3CC(F)C3)c2C1. The van der Waals surface area contributed by atoms with Gasteiger partial charge >= 0.3 is 6.18 Å².